The van der Waals surface area contributed by atoms with Gasteiger partial charge in [0.2, 0.25) is 10.0 Å². The maximum atomic E-state index is 13.0. The molecular formula is C21H24N2O6S. The van der Waals surface area contributed by atoms with Gasteiger partial charge in [0.1, 0.15) is 19.0 Å². The van der Waals surface area contributed by atoms with Gasteiger partial charge in [-0.1, -0.05) is 17.7 Å². The quantitative estimate of drug-likeness (QED) is 0.715. The van der Waals surface area contributed by atoms with Crippen molar-refractivity contribution < 1.29 is 27.4 Å². The lowest BCUT2D eigenvalue weighted by molar-refractivity contribution is -0.134. The molecule has 0 aromatic heterocycles. The minimum absolute atomic E-state index is 0.0715. The number of carbonyl (C=O) groups excluding carboxylic acids is 1. The number of rotatable bonds is 5. The van der Waals surface area contributed by atoms with Crippen molar-refractivity contribution in [2.75, 3.05) is 46.0 Å². The summed E-state index contributed by atoms with van der Waals surface area (Å²) in [6.45, 7) is 3.84. The van der Waals surface area contributed by atoms with Crippen molar-refractivity contribution in [1.82, 2.24) is 9.21 Å². The molecule has 8 nitrogen and oxygen atoms in total. The Balaban J connectivity index is 1.34. The maximum absolute atomic E-state index is 13.0. The first-order chi connectivity index (χ1) is 14.4. The standard InChI is InChI=1S/C21H24N2O6S/c1-16-2-4-17(5-3-16)29-15-21(24)22-8-10-23(11-9-22)30(25,26)18-6-7-19-20(14-18)28-13-12-27-19/h2-7,14H,8-13,15H2,1H3. The summed E-state index contributed by atoms with van der Waals surface area (Å²) in [6, 6.07) is 12.1. The Labute approximate surface area is 176 Å². The van der Waals surface area contributed by atoms with Crippen LogP contribution in [0, 0.1) is 6.92 Å². The zero-order valence-electron chi connectivity index (χ0n) is 16.7. The normalized spacial score (nSPS) is 16.9. The summed E-state index contributed by atoms with van der Waals surface area (Å²) in [5.74, 6) is 1.45. The fourth-order valence-corrected chi connectivity index (χ4v) is 4.82. The van der Waals surface area contributed by atoms with Crippen molar-refractivity contribution in [3.8, 4) is 17.2 Å². The average Bonchev–Trinajstić information content (AvgIpc) is 2.78. The van der Waals surface area contributed by atoms with Crippen molar-refractivity contribution >= 4 is 15.9 Å². The average molecular weight is 432 g/mol. The Morgan fingerprint density at radius 2 is 1.63 bits per heavy atom. The molecule has 1 fully saturated rings. The molecule has 0 spiro atoms. The smallest absolute Gasteiger partial charge is 0.260 e. The molecular weight excluding hydrogens is 408 g/mol. The highest BCUT2D eigenvalue weighted by Crippen LogP contribution is 2.33. The SMILES string of the molecule is Cc1ccc(OCC(=O)N2CCN(S(=O)(=O)c3ccc4c(c3)OCCO4)CC2)cc1. The molecule has 2 aromatic rings. The third-order valence-corrected chi connectivity index (χ3v) is 7.02. The Kier molecular flexibility index (Phi) is 5.83. The molecule has 9 heteroatoms. The first-order valence-corrected chi connectivity index (χ1v) is 11.2. The molecule has 4 rings (SSSR count). The second kappa shape index (κ2) is 8.53. The Morgan fingerprint density at radius 3 is 2.33 bits per heavy atom. The topological polar surface area (TPSA) is 85.4 Å². The minimum Gasteiger partial charge on any atom is -0.486 e. The lowest BCUT2D eigenvalue weighted by Crippen LogP contribution is -2.51. The number of ether oxygens (including phenoxy) is 3. The molecule has 0 atom stereocenters. The number of benzene rings is 2. The number of fused-ring (bicyclic) bond motifs is 1. The van der Waals surface area contributed by atoms with E-state index >= 15 is 0 Å². The van der Waals surface area contributed by atoms with E-state index in [1.54, 1.807) is 11.0 Å². The monoisotopic (exact) mass is 432 g/mol. The van der Waals surface area contributed by atoms with Gasteiger partial charge < -0.3 is 19.1 Å². The molecule has 0 aliphatic carbocycles. The summed E-state index contributed by atoms with van der Waals surface area (Å²) < 4.78 is 43.9. The van der Waals surface area contributed by atoms with E-state index in [-0.39, 0.29) is 30.5 Å². The molecule has 1 saturated heterocycles. The number of amides is 1. The predicted octanol–water partition coefficient (Wildman–Crippen LogP) is 1.68. The number of carbonyl (C=O) groups is 1. The van der Waals surface area contributed by atoms with Crippen LogP contribution in [0.1, 0.15) is 5.56 Å². The minimum atomic E-state index is -3.68. The predicted molar refractivity (Wildman–Crippen MR) is 109 cm³/mol. The van der Waals surface area contributed by atoms with Crippen LogP contribution in [-0.2, 0) is 14.8 Å². The highest BCUT2D eigenvalue weighted by molar-refractivity contribution is 7.89. The van der Waals surface area contributed by atoms with E-state index in [9.17, 15) is 13.2 Å². The first-order valence-electron chi connectivity index (χ1n) is 9.80. The molecule has 0 bridgehead atoms. The van der Waals surface area contributed by atoms with Gasteiger partial charge in [0, 0.05) is 32.2 Å². The van der Waals surface area contributed by atoms with Gasteiger partial charge in [-0.2, -0.15) is 4.31 Å². The second-order valence-electron chi connectivity index (χ2n) is 7.19. The molecule has 2 aliphatic heterocycles. The zero-order valence-corrected chi connectivity index (χ0v) is 17.6. The number of nitrogens with zero attached hydrogens (tertiary/aromatic N) is 2. The lowest BCUT2D eigenvalue weighted by atomic mass is 10.2. The van der Waals surface area contributed by atoms with E-state index in [1.807, 2.05) is 31.2 Å². The summed E-state index contributed by atoms with van der Waals surface area (Å²) in [7, 11) is -3.68. The van der Waals surface area contributed by atoms with Gasteiger partial charge in [0.15, 0.2) is 18.1 Å². The van der Waals surface area contributed by atoms with Gasteiger partial charge in [-0.25, -0.2) is 8.42 Å². The number of sulfonamides is 1. The number of piperazine rings is 1. The van der Waals surface area contributed by atoms with Gasteiger partial charge >= 0.3 is 0 Å². The van der Waals surface area contributed by atoms with E-state index in [1.165, 1.54) is 16.4 Å². The number of hydrogen-bond acceptors (Lipinski definition) is 6. The number of aryl methyl sites for hydroxylation is 1. The third kappa shape index (κ3) is 4.36. The molecule has 0 N–H and O–H groups in total. The largest absolute Gasteiger partial charge is 0.486 e. The summed E-state index contributed by atoms with van der Waals surface area (Å²) in [4.78, 5) is 14.2. The van der Waals surface area contributed by atoms with E-state index in [4.69, 9.17) is 14.2 Å². The maximum Gasteiger partial charge on any atom is 0.260 e. The van der Waals surface area contributed by atoms with E-state index in [0.717, 1.165) is 5.56 Å². The molecule has 30 heavy (non-hydrogen) atoms. The molecule has 0 radical (unpaired) electrons. The van der Waals surface area contributed by atoms with Gasteiger partial charge in [-0.3, -0.25) is 4.79 Å². The van der Waals surface area contributed by atoms with Crippen LogP contribution in [0.4, 0.5) is 0 Å². The molecule has 160 valence electrons. The van der Waals surface area contributed by atoms with Crippen molar-refractivity contribution in [2.45, 2.75) is 11.8 Å². The second-order valence-corrected chi connectivity index (χ2v) is 9.13. The van der Waals surface area contributed by atoms with Crippen LogP contribution in [-0.4, -0.2) is 69.5 Å². The van der Waals surface area contributed by atoms with Crippen LogP contribution >= 0.6 is 0 Å². The van der Waals surface area contributed by atoms with Crippen LogP contribution in [0.2, 0.25) is 0 Å². The Hall–Kier alpha value is -2.78. The molecule has 2 heterocycles. The molecule has 1 amide bonds. The summed E-state index contributed by atoms with van der Waals surface area (Å²) in [5.41, 5.74) is 1.11. The zero-order chi connectivity index (χ0) is 21.1. The van der Waals surface area contributed by atoms with Crippen LogP contribution in [0.25, 0.3) is 0 Å². The summed E-state index contributed by atoms with van der Waals surface area (Å²) in [6.07, 6.45) is 0. The van der Waals surface area contributed by atoms with Crippen molar-refractivity contribution in [2.24, 2.45) is 0 Å². The number of hydrogen-bond donors (Lipinski definition) is 0. The Bertz CT molecular complexity index is 1010. The van der Waals surface area contributed by atoms with E-state index in [2.05, 4.69) is 0 Å². The molecule has 0 unspecified atom stereocenters. The van der Waals surface area contributed by atoms with Gasteiger partial charge in [-0.05, 0) is 31.2 Å². The van der Waals surface area contributed by atoms with Gasteiger partial charge in [0.25, 0.3) is 5.91 Å². The van der Waals surface area contributed by atoms with Crippen LogP contribution in [0.15, 0.2) is 47.4 Å². The summed E-state index contributed by atoms with van der Waals surface area (Å²) in [5, 5.41) is 0. The van der Waals surface area contributed by atoms with Crippen LogP contribution in [0.5, 0.6) is 17.2 Å². The highest BCUT2D eigenvalue weighted by Gasteiger charge is 2.31. The molecule has 2 aliphatic rings. The summed E-state index contributed by atoms with van der Waals surface area (Å²) >= 11 is 0. The fourth-order valence-electron chi connectivity index (χ4n) is 3.38. The van der Waals surface area contributed by atoms with Gasteiger partial charge in [-0.15, -0.1) is 0 Å². The first kappa shape index (κ1) is 20.5. The third-order valence-electron chi connectivity index (χ3n) is 5.13. The molecule has 0 saturated carbocycles. The fraction of sp³-hybridized carbons (Fsp3) is 0.381. The lowest BCUT2D eigenvalue weighted by Gasteiger charge is -2.34. The van der Waals surface area contributed by atoms with Crippen LogP contribution < -0.4 is 14.2 Å². The van der Waals surface area contributed by atoms with Crippen LogP contribution in [0.3, 0.4) is 0 Å². The van der Waals surface area contributed by atoms with Crippen molar-refractivity contribution in [1.29, 1.82) is 0 Å². The Morgan fingerprint density at radius 1 is 0.967 bits per heavy atom. The van der Waals surface area contributed by atoms with Crippen molar-refractivity contribution in [3.63, 3.8) is 0 Å². The molecule has 2 aromatic carbocycles. The van der Waals surface area contributed by atoms with E-state index < -0.39 is 10.0 Å². The van der Waals surface area contributed by atoms with E-state index in [0.29, 0.717) is 43.6 Å². The van der Waals surface area contributed by atoms with Gasteiger partial charge in [0.05, 0.1) is 4.90 Å². The van der Waals surface area contributed by atoms with Crippen molar-refractivity contribution in [3.05, 3.63) is 48.0 Å². The highest BCUT2D eigenvalue weighted by atomic mass is 32.2.